The van der Waals surface area contributed by atoms with Gasteiger partial charge < -0.3 is 14.8 Å². The first-order valence-corrected chi connectivity index (χ1v) is 5.78. The highest BCUT2D eigenvalue weighted by Gasteiger charge is 2.02. The number of benzene rings is 1. The Morgan fingerprint density at radius 3 is 2.88 bits per heavy atom. The summed E-state index contributed by atoms with van der Waals surface area (Å²) in [6, 6.07) is 9.65. The lowest BCUT2D eigenvalue weighted by atomic mass is 10.1. The van der Waals surface area contributed by atoms with Crippen molar-refractivity contribution in [1.29, 1.82) is 0 Å². The zero-order valence-corrected chi connectivity index (χ0v) is 9.94. The molecule has 0 atom stereocenters. The number of aromatic hydroxyl groups is 1. The van der Waals surface area contributed by atoms with Crippen molar-refractivity contribution in [2.75, 3.05) is 6.54 Å². The number of aryl methyl sites for hydroxylation is 1. The Morgan fingerprint density at radius 1 is 1.24 bits per heavy atom. The molecule has 1 heterocycles. The number of para-hydroxylation sites is 1. The molecule has 2 rings (SSSR count). The van der Waals surface area contributed by atoms with Crippen LogP contribution in [0.3, 0.4) is 0 Å². The van der Waals surface area contributed by atoms with Gasteiger partial charge in [-0.2, -0.15) is 0 Å². The van der Waals surface area contributed by atoms with E-state index in [0.29, 0.717) is 12.3 Å². The van der Waals surface area contributed by atoms with Crippen LogP contribution in [-0.4, -0.2) is 11.7 Å². The SMILES string of the molecule is Cc1cccc(CNCCc2ccco2)c1O. The van der Waals surface area contributed by atoms with Crippen molar-refractivity contribution >= 4 is 0 Å². The molecule has 0 radical (unpaired) electrons. The molecule has 0 bridgehead atoms. The molecule has 0 spiro atoms. The van der Waals surface area contributed by atoms with Crippen molar-refractivity contribution in [1.82, 2.24) is 5.32 Å². The molecule has 3 nitrogen and oxygen atoms in total. The summed E-state index contributed by atoms with van der Waals surface area (Å²) in [5.41, 5.74) is 1.85. The largest absolute Gasteiger partial charge is 0.507 e. The Morgan fingerprint density at radius 2 is 2.12 bits per heavy atom. The van der Waals surface area contributed by atoms with Crippen LogP contribution in [-0.2, 0) is 13.0 Å². The minimum Gasteiger partial charge on any atom is -0.507 e. The van der Waals surface area contributed by atoms with Gasteiger partial charge in [0.25, 0.3) is 0 Å². The van der Waals surface area contributed by atoms with Crippen LogP contribution in [0.15, 0.2) is 41.0 Å². The standard InChI is InChI=1S/C14H17NO2/c1-11-4-2-5-12(14(11)16)10-15-8-7-13-6-3-9-17-13/h2-6,9,15-16H,7-8,10H2,1H3. The third-order valence-electron chi connectivity index (χ3n) is 2.77. The first-order chi connectivity index (χ1) is 8.27. The zero-order chi connectivity index (χ0) is 12.1. The summed E-state index contributed by atoms with van der Waals surface area (Å²) in [4.78, 5) is 0. The fourth-order valence-corrected chi connectivity index (χ4v) is 1.75. The number of hydrogen-bond donors (Lipinski definition) is 2. The summed E-state index contributed by atoms with van der Waals surface area (Å²) in [6.07, 6.45) is 2.54. The fraction of sp³-hybridized carbons (Fsp3) is 0.286. The lowest BCUT2D eigenvalue weighted by molar-refractivity contribution is 0.458. The van der Waals surface area contributed by atoms with Gasteiger partial charge in [-0.1, -0.05) is 18.2 Å². The second-order valence-corrected chi connectivity index (χ2v) is 4.09. The van der Waals surface area contributed by atoms with E-state index < -0.39 is 0 Å². The lowest BCUT2D eigenvalue weighted by Crippen LogP contribution is -2.16. The molecule has 2 N–H and O–H groups in total. The van der Waals surface area contributed by atoms with Crippen LogP contribution in [0.25, 0.3) is 0 Å². The van der Waals surface area contributed by atoms with E-state index in [-0.39, 0.29) is 0 Å². The molecule has 0 aliphatic carbocycles. The minimum atomic E-state index is 0.387. The third kappa shape index (κ3) is 3.11. The summed E-state index contributed by atoms with van der Waals surface area (Å²) in [6.45, 7) is 3.41. The van der Waals surface area contributed by atoms with Crippen LogP contribution in [0, 0.1) is 6.92 Å². The van der Waals surface area contributed by atoms with E-state index in [1.165, 1.54) is 0 Å². The molecule has 0 aliphatic rings. The normalized spacial score (nSPS) is 10.6. The minimum absolute atomic E-state index is 0.387. The molecule has 17 heavy (non-hydrogen) atoms. The highest BCUT2D eigenvalue weighted by Crippen LogP contribution is 2.20. The van der Waals surface area contributed by atoms with E-state index in [1.54, 1.807) is 6.26 Å². The van der Waals surface area contributed by atoms with Gasteiger partial charge in [-0.15, -0.1) is 0 Å². The lowest BCUT2D eigenvalue weighted by Gasteiger charge is -2.07. The highest BCUT2D eigenvalue weighted by atomic mass is 16.3. The maximum atomic E-state index is 9.82. The van der Waals surface area contributed by atoms with Crippen LogP contribution < -0.4 is 5.32 Å². The number of hydrogen-bond acceptors (Lipinski definition) is 3. The van der Waals surface area contributed by atoms with Gasteiger partial charge in [0.15, 0.2) is 0 Å². The van der Waals surface area contributed by atoms with Crippen molar-refractivity contribution in [2.45, 2.75) is 19.9 Å². The Hall–Kier alpha value is -1.74. The molecule has 0 saturated carbocycles. The molecule has 0 aliphatic heterocycles. The smallest absolute Gasteiger partial charge is 0.122 e. The van der Waals surface area contributed by atoms with Gasteiger partial charge in [-0.25, -0.2) is 0 Å². The predicted octanol–water partition coefficient (Wildman–Crippen LogP) is 2.63. The third-order valence-corrected chi connectivity index (χ3v) is 2.77. The average molecular weight is 231 g/mol. The topological polar surface area (TPSA) is 45.4 Å². The van der Waals surface area contributed by atoms with E-state index in [0.717, 1.165) is 29.9 Å². The molecule has 0 amide bonds. The van der Waals surface area contributed by atoms with E-state index in [1.807, 2.05) is 37.3 Å². The Bertz CT molecular complexity index is 463. The second kappa shape index (κ2) is 5.55. The summed E-state index contributed by atoms with van der Waals surface area (Å²) >= 11 is 0. The van der Waals surface area contributed by atoms with Crippen LogP contribution in [0.5, 0.6) is 5.75 Å². The van der Waals surface area contributed by atoms with Crippen molar-refractivity contribution < 1.29 is 9.52 Å². The fourth-order valence-electron chi connectivity index (χ4n) is 1.75. The zero-order valence-electron chi connectivity index (χ0n) is 9.94. The molecule has 1 aromatic carbocycles. The molecule has 90 valence electrons. The number of furan rings is 1. The molecule has 0 saturated heterocycles. The molecule has 0 unspecified atom stereocenters. The average Bonchev–Trinajstić information content (AvgIpc) is 2.83. The van der Waals surface area contributed by atoms with Gasteiger partial charge in [0.05, 0.1) is 6.26 Å². The van der Waals surface area contributed by atoms with Crippen molar-refractivity contribution in [3.63, 3.8) is 0 Å². The van der Waals surface area contributed by atoms with Gasteiger partial charge in [0, 0.05) is 25.1 Å². The van der Waals surface area contributed by atoms with Crippen LogP contribution in [0.4, 0.5) is 0 Å². The van der Waals surface area contributed by atoms with Gasteiger partial charge in [-0.3, -0.25) is 0 Å². The van der Waals surface area contributed by atoms with E-state index in [9.17, 15) is 5.11 Å². The molecule has 3 heteroatoms. The predicted molar refractivity (Wildman–Crippen MR) is 67.0 cm³/mol. The molecular weight excluding hydrogens is 214 g/mol. The van der Waals surface area contributed by atoms with Gasteiger partial charge in [0.2, 0.25) is 0 Å². The number of rotatable bonds is 5. The quantitative estimate of drug-likeness (QED) is 0.777. The molecule has 0 fully saturated rings. The molecule has 2 aromatic rings. The van der Waals surface area contributed by atoms with Crippen LogP contribution >= 0.6 is 0 Å². The summed E-state index contributed by atoms with van der Waals surface area (Å²) in [7, 11) is 0. The Kier molecular flexibility index (Phi) is 3.83. The van der Waals surface area contributed by atoms with Crippen LogP contribution in [0.1, 0.15) is 16.9 Å². The molecule has 1 aromatic heterocycles. The summed E-state index contributed by atoms with van der Waals surface area (Å²) in [5, 5.41) is 13.1. The Labute approximate surface area is 101 Å². The van der Waals surface area contributed by atoms with E-state index in [4.69, 9.17) is 4.42 Å². The van der Waals surface area contributed by atoms with E-state index >= 15 is 0 Å². The first kappa shape index (κ1) is 11.7. The van der Waals surface area contributed by atoms with E-state index in [2.05, 4.69) is 5.32 Å². The first-order valence-electron chi connectivity index (χ1n) is 5.78. The number of phenols is 1. The van der Waals surface area contributed by atoms with Gasteiger partial charge in [-0.05, 0) is 24.6 Å². The summed E-state index contributed by atoms with van der Waals surface area (Å²) in [5.74, 6) is 1.36. The number of nitrogens with one attached hydrogen (secondary N) is 1. The summed E-state index contributed by atoms with van der Waals surface area (Å²) < 4.78 is 5.24. The molecular formula is C14H17NO2. The van der Waals surface area contributed by atoms with Crippen molar-refractivity contribution in [2.24, 2.45) is 0 Å². The monoisotopic (exact) mass is 231 g/mol. The maximum Gasteiger partial charge on any atom is 0.122 e. The Balaban J connectivity index is 1.80. The number of phenolic OH excluding ortho intramolecular Hbond substituents is 1. The van der Waals surface area contributed by atoms with Crippen molar-refractivity contribution in [3.8, 4) is 5.75 Å². The highest BCUT2D eigenvalue weighted by molar-refractivity contribution is 5.39. The van der Waals surface area contributed by atoms with Gasteiger partial charge in [0.1, 0.15) is 11.5 Å². The van der Waals surface area contributed by atoms with Crippen LogP contribution in [0.2, 0.25) is 0 Å². The van der Waals surface area contributed by atoms with Gasteiger partial charge >= 0.3 is 0 Å². The second-order valence-electron chi connectivity index (χ2n) is 4.09. The van der Waals surface area contributed by atoms with Crippen molar-refractivity contribution in [3.05, 3.63) is 53.5 Å². The maximum absolute atomic E-state index is 9.82.